The van der Waals surface area contributed by atoms with Crippen LogP contribution in [0.15, 0.2) is 18.2 Å². The van der Waals surface area contributed by atoms with Crippen LogP contribution < -0.4 is 5.32 Å². The number of hydrogen-bond acceptors (Lipinski definition) is 2. The SMILES string of the molecule is C#CCNC(C#N)c1c(Cl)cccc1Cl. The molecule has 0 aliphatic heterocycles. The quantitative estimate of drug-likeness (QED) is 0.823. The summed E-state index contributed by atoms with van der Waals surface area (Å²) in [6.45, 7) is 0.291. The minimum atomic E-state index is -0.581. The lowest BCUT2D eigenvalue weighted by Crippen LogP contribution is -2.20. The molecule has 4 heteroatoms. The summed E-state index contributed by atoms with van der Waals surface area (Å²) in [5, 5.41) is 12.7. The first-order valence-electron chi connectivity index (χ1n) is 4.21. The molecular weight excluding hydrogens is 231 g/mol. The molecule has 1 rings (SSSR count). The molecule has 0 aliphatic rings. The van der Waals surface area contributed by atoms with Gasteiger partial charge in [-0.2, -0.15) is 5.26 Å². The van der Waals surface area contributed by atoms with Crippen LogP contribution in [0.2, 0.25) is 10.0 Å². The van der Waals surface area contributed by atoms with Gasteiger partial charge in [-0.15, -0.1) is 6.42 Å². The molecular formula is C11H8Cl2N2. The molecule has 0 bridgehead atoms. The third-order valence-corrected chi connectivity index (χ3v) is 2.48. The smallest absolute Gasteiger partial charge is 0.124 e. The lowest BCUT2D eigenvalue weighted by Gasteiger charge is -2.12. The van der Waals surface area contributed by atoms with E-state index in [4.69, 9.17) is 34.9 Å². The number of halogens is 2. The predicted octanol–water partition coefficient (Wildman–Crippen LogP) is 2.78. The van der Waals surface area contributed by atoms with Crippen molar-refractivity contribution >= 4 is 23.2 Å². The Kier molecular flexibility index (Phi) is 4.46. The van der Waals surface area contributed by atoms with Gasteiger partial charge in [0.05, 0.1) is 12.6 Å². The molecule has 1 unspecified atom stereocenters. The average Bonchev–Trinajstić information content (AvgIpc) is 2.22. The number of rotatable bonds is 3. The lowest BCUT2D eigenvalue weighted by molar-refractivity contribution is 0.691. The summed E-state index contributed by atoms with van der Waals surface area (Å²) in [4.78, 5) is 0. The van der Waals surface area contributed by atoms with Gasteiger partial charge in [0.1, 0.15) is 6.04 Å². The standard InChI is InChI=1S/C11H8Cl2N2/c1-2-6-15-10(7-14)11-8(12)4-3-5-9(11)13/h1,3-5,10,15H,6H2. The number of benzene rings is 1. The van der Waals surface area contributed by atoms with Crippen LogP contribution in [0.5, 0.6) is 0 Å². The molecule has 1 N–H and O–H groups in total. The second-order valence-electron chi connectivity index (χ2n) is 2.78. The zero-order valence-electron chi connectivity index (χ0n) is 7.80. The Morgan fingerprint density at radius 1 is 1.40 bits per heavy atom. The van der Waals surface area contributed by atoms with Crippen LogP contribution in [0.4, 0.5) is 0 Å². The Morgan fingerprint density at radius 3 is 2.47 bits per heavy atom. The molecule has 0 radical (unpaired) electrons. The van der Waals surface area contributed by atoms with Crippen molar-refractivity contribution in [3.8, 4) is 18.4 Å². The van der Waals surface area contributed by atoms with Crippen LogP contribution in [-0.2, 0) is 0 Å². The fourth-order valence-corrected chi connectivity index (χ4v) is 1.78. The maximum absolute atomic E-state index is 8.96. The highest BCUT2D eigenvalue weighted by Crippen LogP contribution is 2.29. The largest absolute Gasteiger partial charge is 0.287 e. The van der Waals surface area contributed by atoms with Crippen molar-refractivity contribution in [1.29, 1.82) is 5.26 Å². The highest BCUT2D eigenvalue weighted by molar-refractivity contribution is 6.36. The molecule has 1 aromatic rings. The first kappa shape index (κ1) is 11.9. The van der Waals surface area contributed by atoms with Crippen LogP contribution in [0, 0.1) is 23.7 Å². The van der Waals surface area contributed by atoms with E-state index in [1.165, 1.54) is 0 Å². The monoisotopic (exact) mass is 238 g/mol. The topological polar surface area (TPSA) is 35.8 Å². The van der Waals surface area contributed by atoms with E-state index in [0.717, 1.165) is 0 Å². The van der Waals surface area contributed by atoms with Gasteiger partial charge in [0.25, 0.3) is 0 Å². The van der Waals surface area contributed by atoms with Crippen LogP contribution in [0.25, 0.3) is 0 Å². The average molecular weight is 239 g/mol. The van der Waals surface area contributed by atoms with Gasteiger partial charge in [-0.05, 0) is 12.1 Å². The molecule has 0 saturated heterocycles. The maximum atomic E-state index is 8.96. The Labute approximate surface area is 98.8 Å². The lowest BCUT2D eigenvalue weighted by atomic mass is 10.1. The van der Waals surface area contributed by atoms with Crippen molar-refractivity contribution < 1.29 is 0 Å². The van der Waals surface area contributed by atoms with Crippen LogP contribution >= 0.6 is 23.2 Å². The molecule has 0 aliphatic carbocycles. The van der Waals surface area contributed by atoms with Crippen molar-refractivity contribution in [2.75, 3.05) is 6.54 Å². The summed E-state index contributed by atoms with van der Waals surface area (Å²) in [7, 11) is 0. The molecule has 76 valence electrons. The van der Waals surface area contributed by atoms with Crippen LogP contribution in [0.1, 0.15) is 11.6 Å². The van der Waals surface area contributed by atoms with Gasteiger partial charge in [-0.3, -0.25) is 5.32 Å². The van der Waals surface area contributed by atoms with Crippen molar-refractivity contribution in [2.45, 2.75) is 6.04 Å². The first-order valence-corrected chi connectivity index (χ1v) is 4.96. The minimum Gasteiger partial charge on any atom is -0.287 e. The van der Waals surface area contributed by atoms with Gasteiger partial charge in [-0.25, -0.2) is 0 Å². The zero-order chi connectivity index (χ0) is 11.3. The molecule has 1 aromatic carbocycles. The van der Waals surface area contributed by atoms with Gasteiger partial charge in [-0.1, -0.05) is 35.2 Å². The van der Waals surface area contributed by atoms with E-state index in [9.17, 15) is 0 Å². The third-order valence-electron chi connectivity index (χ3n) is 1.83. The zero-order valence-corrected chi connectivity index (χ0v) is 9.31. The molecule has 0 fully saturated rings. The van der Waals surface area contributed by atoms with E-state index in [2.05, 4.69) is 17.3 Å². The number of hydrogen-bond donors (Lipinski definition) is 1. The van der Waals surface area contributed by atoms with Crippen molar-refractivity contribution in [2.24, 2.45) is 0 Å². The Morgan fingerprint density at radius 2 is 2.00 bits per heavy atom. The van der Waals surface area contributed by atoms with E-state index >= 15 is 0 Å². The fourth-order valence-electron chi connectivity index (χ4n) is 1.16. The summed E-state index contributed by atoms with van der Waals surface area (Å²) in [6.07, 6.45) is 5.10. The molecule has 0 heterocycles. The Balaban J connectivity index is 3.03. The van der Waals surface area contributed by atoms with E-state index in [0.29, 0.717) is 22.2 Å². The van der Waals surface area contributed by atoms with Gasteiger partial charge in [0.15, 0.2) is 0 Å². The van der Waals surface area contributed by atoms with E-state index in [1.807, 2.05) is 0 Å². The van der Waals surface area contributed by atoms with Crippen molar-refractivity contribution in [1.82, 2.24) is 5.32 Å². The van der Waals surface area contributed by atoms with E-state index < -0.39 is 6.04 Å². The molecule has 0 aromatic heterocycles. The minimum absolute atomic E-state index is 0.291. The highest BCUT2D eigenvalue weighted by Gasteiger charge is 2.16. The molecule has 0 saturated carbocycles. The molecule has 2 nitrogen and oxygen atoms in total. The van der Waals surface area contributed by atoms with E-state index in [-0.39, 0.29) is 0 Å². The normalized spacial score (nSPS) is 11.5. The number of terminal acetylenes is 1. The molecule has 1 atom stereocenters. The van der Waals surface area contributed by atoms with Crippen LogP contribution in [-0.4, -0.2) is 6.54 Å². The predicted molar refractivity (Wildman–Crippen MR) is 61.7 cm³/mol. The van der Waals surface area contributed by atoms with Crippen LogP contribution in [0.3, 0.4) is 0 Å². The summed E-state index contributed by atoms with van der Waals surface area (Å²) in [6, 6.07) is 6.57. The molecule has 0 amide bonds. The number of nitrogens with one attached hydrogen (secondary N) is 1. The summed E-state index contributed by atoms with van der Waals surface area (Å²) < 4.78 is 0. The van der Waals surface area contributed by atoms with Gasteiger partial charge >= 0.3 is 0 Å². The summed E-state index contributed by atoms with van der Waals surface area (Å²) in [5.41, 5.74) is 0.568. The van der Waals surface area contributed by atoms with Gasteiger partial charge < -0.3 is 0 Å². The Hall–Kier alpha value is -1.19. The summed E-state index contributed by atoms with van der Waals surface area (Å²) in [5.74, 6) is 2.39. The third kappa shape index (κ3) is 2.88. The maximum Gasteiger partial charge on any atom is 0.124 e. The second kappa shape index (κ2) is 5.63. The molecule has 15 heavy (non-hydrogen) atoms. The van der Waals surface area contributed by atoms with Gasteiger partial charge in [0.2, 0.25) is 0 Å². The fraction of sp³-hybridized carbons (Fsp3) is 0.182. The second-order valence-corrected chi connectivity index (χ2v) is 3.60. The highest BCUT2D eigenvalue weighted by atomic mass is 35.5. The summed E-state index contributed by atoms with van der Waals surface area (Å²) >= 11 is 11.9. The number of nitrogens with zero attached hydrogens (tertiary/aromatic N) is 1. The number of nitriles is 1. The van der Waals surface area contributed by atoms with Gasteiger partial charge in [0, 0.05) is 15.6 Å². The molecule has 0 spiro atoms. The van der Waals surface area contributed by atoms with E-state index in [1.54, 1.807) is 18.2 Å². The van der Waals surface area contributed by atoms with Crippen molar-refractivity contribution in [3.63, 3.8) is 0 Å². The Bertz CT molecular complexity index is 409. The van der Waals surface area contributed by atoms with Crippen molar-refractivity contribution in [3.05, 3.63) is 33.8 Å². The first-order chi connectivity index (χ1) is 7.20.